The predicted molar refractivity (Wildman–Crippen MR) is 68.7 cm³/mol. The number of piperidine rings is 1. The number of rotatable bonds is 6. The molecule has 1 fully saturated rings. The summed E-state index contributed by atoms with van der Waals surface area (Å²) in [6.45, 7) is 9.16. The van der Waals surface area contributed by atoms with Gasteiger partial charge < -0.3 is 9.64 Å². The van der Waals surface area contributed by atoms with Crippen molar-refractivity contribution in [2.45, 2.75) is 39.2 Å². The summed E-state index contributed by atoms with van der Waals surface area (Å²) >= 11 is 3.39. The Hall–Kier alpha value is 0.400. The van der Waals surface area contributed by atoms with E-state index < -0.39 is 0 Å². The average Bonchev–Trinajstić information content (AvgIpc) is 2.25. The molecule has 0 aliphatic carbocycles. The first-order chi connectivity index (χ1) is 7.22. The molecular weight excluding hydrogens is 254 g/mol. The molecule has 0 aromatic carbocycles. The van der Waals surface area contributed by atoms with Gasteiger partial charge in [-0.25, -0.2) is 0 Å². The van der Waals surface area contributed by atoms with E-state index in [0.717, 1.165) is 17.9 Å². The summed E-state index contributed by atoms with van der Waals surface area (Å²) in [5.41, 5.74) is 0. The lowest BCUT2D eigenvalue weighted by Gasteiger charge is -2.32. The Labute approximate surface area is 102 Å². The number of ether oxygens (including phenoxy) is 1. The average molecular weight is 278 g/mol. The van der Waals surface area contributed by atoms with Crippen LogP contribution in [-0.4, -0.2) is 42.6 Å². The molecule has 0 radical (unpaired) electrons. The van der Waals surface area contributed by atoms with Crippen LogP contribution in [0.5, 0.6) is 0 Å². The molecule has 1 heterocycles. The lowest BCUT2D eigenvalue weighted by molar-refractivity contribution is 0.0151. The van der Waals surface area contributed by atoms with E-state index in [2.05, 4.69) is 34.7 Å². The molecule has 0 N–H and O–H groups in total. The Morgan fingerprint density at radius 1 is 1.33 bits per heavy atom. The van der Waals surface area contributed by atoms with Gasteiger partial charge in [0.15, 0.2) is 0 Å². The minimum atomic E-state index is 0.512. The summed E-state index contributed by atoms with van der Waals surface area (Å²) < 4.78 is 5.73. The summed E-state index contributed by atoms with van der Waals surface area (Å²) in [7, 11) is 0. The molecule has 1 aliphatic rings. The summed E-state index contributed by atoms with van der Waals surface area (Å²) in [6, 6.07) is 0. The topological polar surface area (TPSA) is 12.5 Å². The van der Waals surface area contributed by atoms with Crippen LogP contribution in [0.3, 0.4) is 0 Å². The fourth-order valence-electron chi connectivity index (χ4n) is 1.95. The van der Waals surface area contributed by atoms with Crippen LogP contribution >= 0.6 is 15.9 Å². The highest BCUT2D eigenvalue weighted by Crippen LogP contribution is 2.15. The zero-order chi connectivity index (χ0) is 11.1. The number of nitrogens with zero attached hydrogens (tertiary/aromatic N) is 1. The van der Waals surface area contributed by atoms with Gasteiger partial charge in [-0.3, -0.25) is 0 Å². The second-order valence-corrected chi connectivity index (χ2v) is 5.58. The van der Waals surface area contributed by atoms with E-state index in [-0.39, 0.29) is 0 Å². The molecule has 0 aromatic rings. The van der Waals surface area contributed by atoms with Crippen LogP contribution in [0, 0.1) is 5.92 Å². The van der Waals surface area contributed by atoms with Gasteiger partial charge in [0.05, 0.1) is 12.7 Å². The van der Waals surface area contributed by atoms with Gasteiger partial charge >= 0.3 is 0 Å². The maximum absolute atomic E-state index is 5.73. The third-order valence-corrected chi connectivity index (χ3v) is 3.31. The first kappa shape index (κ1) is 13.5. The van der Waals surface area contributed by atoms with Crippen molar-refractivity contribution in [2.75, 3.05) is 31.6 Å². The fourth-order valence-corrected chi connectivity index (χ4v) is 2.14. The van der Waals surface area contributed by atoms with Crippen molar-refractivity contribution in [2.24, 2.45) is 5.92 Å². The van der Waals surface area contributed by atoms with Crippen LogP contribution in [0.4, 0.5) is 0 Å². The first-order valence-electron chi connectivity index (χ1n) is 6.12. The van der Waals surface area contributed by atoms with E-state index in [9.17, 15) is 0 Å². The van der Waals surface area contributed by atoms with Crippen LogP contribution in [0.15, 0.2) is 0 Å². The highest BCUT2D eigenvalue weighted by atomic mass is 79.9. The Bertz CT molecular complexity index is 156. The zero-order valence-electron chi connectivity index (χ0n) is 10.0. The van der Waals surface area contributed by atoms with Crippen LogP contribution in [0.1, 0.15) is 33.1 Å². The quantitative estimate of drug-likeness (QED) is 0.693. The maximum Gasteiger partial charge on any atom is 0.0599 e. The molecule has 0 aromatic heterocycles. The van der Waals surface area contributed by atoms with Gasteiger partial charge in [-0.2, -0.15) is 0 Å². The normalized spacial score (nSPS) is 20.0. The number of hydrogen-bond donors (Lipinski definition) is 0. The lowest BCUT2D eigenvalue weighted by Crippen LogP contribution is -2.38. The number of hydrogen-bond acceptors (Lipinski definition) is 2. The Morgan fingerprint density at radius 2 is 2.00 bits per heavy atom. The van der Waals surface area contributed by atoms with Crippen molar-refractivity contribution >= 4 is 15.9 Å². The smallest absolute Gasteiger partial charge is 0.0599 e. The van der Waals surface area contributed by atoms with Crippen LogP contribution in [0.25, 0.3) is 0 Å². The largest absolute Gasteiger partial charge is 0.377 e. The zero-order valence-corrected chi connectivity index (χ0v) is 11.6. The van der Waals surface area contributed by atoms with Crippen molar-refractivity contribution in [3.05, 3.63) is 0 Å². The third kappa shape index (κ3) is 5.88. The van der Waals surface area contributed by atoms with Gasteiger partial charge in [-0.1, -0.05) is 29.8 Å². The van der Waals surface area contributed by atoms with Gasteiger partial charge in [0.25, 0.3) is 0 Å². The molecule has 2 nitrogen and oxygen atoms in total. The first-order valence-corrected chi connectivity index (χ1v) is 7.24. The molecule has 0 spiro atoms. The minimum absolute atomic E-state index is 0.512. The minimum Gasteiger partial charge on any atom is -0.377 e. The Morgan fingerprint density at radius 3 is 2.53 bits per heavy atom. The van der Waals surface area contributed by atoms with Crippen LogP contribution in [-0.2, 0) is 4.74 Å². The molecule has 0 amide bonds. The molecule has 0 unspecified atom stereocenters. The Kier molecular flexibility index (Phi) is 6.86. The standard InChI is InChI=1S/C12H24BrNO/c1-11(2)3-7-14-8-4-12(5-9-14)15-10-6-13/h11-12H,3-10H2,1-2H3. The van der Waals surface area contributed by atoms with Crippen molar-refractivity contribution in [3.8, 4) is 0 Å². The molecule has 90 valence electrons. The maximum atomic E-state index is 5.73. The van der Waals surface area contributed by atoms with Crippen molar-refractivity contribution in [1.82, 2.24) is 4.90 Å². The fraction of sp³-hybridized carbons (Fsp3) is 1.00. The number of halogens is 1. The van der Waals surface area contributed by atoms with Gasteiger partial charge in [-0.15, -0.1) is 0 Å². The molecule has 0 atom stereocenters. The lowest BCUT2D eigenvalue weighted by atomic mass is 10.1. The molecular formula is C12H24BrNO. The highest BCUT2D eigenvalue weighted by Gasteiger charge is 2.18. The van der Waals surface area contributed by atoms with Crippen LogP contribution in [0.2, 0.25) is 0 Å². The number of likely N-dealkylation sites (tertiary alicyclic amines) is 1. The summed E-state index contributed by atoms with van der Waals surface area (Å²) in [6.07, 6.45) is 4.26. The summed E-state index contributed by atoms with van der Waals surface area (Å²) in [4.78, 5) is 2.58. The van der Waals surface area contributed by atoms with E-state index in [1.165, 1.54) is 38.9 Å². The van der Waals surface area contributed by atoms with Gasteiger partial charge in [0, 0.05) is 18.4 Å². The van der Waals surface area contributed by atoms with Crippen LogP contribution < -0.4 is 0 Å². The van der Waals surface area contributed by atoms with E-state index in [1.54, 1.807) is 0 Å². The molecule has 1 aliphatic heterocycles. The van der Waals surface area contributed by atoms with Gasteiger partial charge in [0.1, 0.15) is 0 Å². The van der Waals surface area contributed by atoms with Gasteiger partial charge in [0.2, 0.25) is 0 Å². The molecule has 0 bridgehead atoms. The summed E-state index contributed by atoms with van der Waals surface area (Å²) in [5, 5.41) is 0.959. The molecule has 1 saturated heterocycles. The highest BCUT2D eigenvalue weighted by molar-refractivity contribution is 9.09. The van der Waals surface area contributed by atoms with Crippen molar-refractivity contribution < 1.29 is 4.74 Å². The monoisotopic (exact) mass is 277 g/mol. The molecule has 15 heavy (non-hydrogen) atoms. The van der Waals surface area contributed by atoms with Crippen molar-refractivity contribution in [1.29, 1.82) is 0 Å². The second-order valence-electron chi connectivity index (χ2n) is 4.78. The third-order valence-electron chi connectivity index (χ3n) is 2.99. The number of alkyl halides is 1. The molecule has 1 rings (SSSR count). The van der Waals surface area contributed by atoms with E-state index in [0.29, 0.717) is 6.10 Å². The van der Waals surface area contributed by atoms with Crippen molar-refractivity contribution in [3.63, 3.8) is 0 Å². The SMILES string of the molecule is CC(C)CCN1CCC(OCCBr)CC1. The molecule has 0 saturated carbocycles. The van der Waals surface area contributed by atoms with E-state index in [4.69, 9.17) is 4.74 Å². The molecule has 3 heteroatoms. The predicted octanol–water partition coefficient (Wildman–Crippen LogP) is 2.91. The van der Waals surface area contributed by atoms with E-state index in [1.807, 2.05) is 0 Å². The van der Waals surface area contributed by atoms with Gasteiger partial charge in [-0.05, 0) is 31.7 Å². The summed E-state index contributed by atoms with van der Waals surface area (Å²) in [5.74, 6) is 0.826. The van der Waals surface area contributed by atoms with E-state index >= 15 is 0 Å². The second kappa shape index (κ2) is 7.64. The Balaban J connectivity index is 2.07.